The van der Waals surface area contributed by atoms with Crippen LogP contribution in [-0.4, -0.2) is 46.8 Å². The molecule has 2 N–H and O–H groups in total. The molecule has 1 saturated heterocycles. The Labute approximate surface area is 177 Å². The maximum absolute atomic E-state index is 13.0. The zero-order chi connectivity index (χ0) is 21.7. The van der Waals surface area contributed by atoms with Gasteiger partial charge in [0, 0.05) is 4.91 Å². The van der Waals surface area contributed by atoms with Gasteiger partial charge >= 0.3 is 5.97 Å². The molecule has 0 radical (unpaired) electrons. The van der Waals surface area contributed by atoms with Crippen LogP contribution in [0.15, 0.2) is 30.0 Å². The summed E-state index contributed by atoms with van der Waals surface area (Å²) < 4.78 is 6.44. The maximum Gasteiger partial charge on any atom is 0.353 e. The second-order valence-electron chi connectivity index (χ2n) is 9.12. The molecule has 1 amide bonds. The Morgan fingerprint density at radius 1 is 1.31 bits per heavy atom. The predicted molar refractivity (Wildman–Crippen MR) is 116 cm³/mol. The van der Waals surface area contributed by atoms with Crippen LogP contribution in [0.4, 0.5) is 0 Å². The number of carbonyl (C=O) groups is 2. The van der Waals surface area contributed by atoms with Gasteiger partial charge in [-0.05, 0) is 36.2 Å². The Bertz CT molecular complexity index is 876. The third-order valence-corrected chi connectivity index (χ3v) is 12.2. The molecule has 1 aromatic rings. The van der Waals surface area contributed by atoms with E-state index < -0.39 is 14.3 Å². The van der Waals surface area contributed by atoms with Crippen molar-refractivity contribution in [2.45, 2.75) is 63.9 Å². The van der Waals surface area contributed by atoms with Crippen LogP contribution in [-0.2, 0) is 20.6 Å². The van der Waals surface area contributed by atoms with Gasteiger partial charge in [-0.1, -0.05) is 56.8 Å². The standard InChI is InChI=1S/C21H29NO5SSi/c1-12(27-29(5,6)21(2,3)4)15-18(24)22-16(20(25)26)17(28-19(15)22)14-10-8-7-9-13(14)11-23/h7-10,12,15,19,23H,11H2,1-6H3,(H,25,26)/t12-,15+,19-/m1/s1. The number of rotatable bonds is 6. The van der Waals surface area contributed by atoms with Gasteiger partial charge in [0.15, 0.2) is 8.32 Å². The van der Waals surface area contributed by atoms with Gasteiger partial charge in [-0.25, -0.2) is 4.79 Å². The fourth-order valence-corrected chi connectivity index (χ4v) is 6.65. The molecule has 6 nitrogen and oxygen atoms in total. The highest BCUT2D eigenvalue weighted by atomic mass is 32.2. The van der Waals surface area contributed by atoms with E-state index in [1.165, 1.54) is 16.7 Å². The van der Waals surface area contributed by atoms with E-state index in [0.29, 0.717) is 16.0 Å². The van der Waals surface area contributed by atoms with Crippen LogP contribution in [0, 0.1) is 5.92 Å². The summed E-state index contributed by atoms with van der Waals surface area (Å²) in [7, 11) is -2.06. The van der Waals surface area contributed by atoms with Crippen LogP contribution in [0.2, 0.25) is 18.1 Å². The van der Waals surface area contributed by atoms with E-state index >= 15 is 0 Å². The number of hydrogen-bond acceptors (Lipinski definition) is 5. The number of benzene rings is 1. The van der Waals surface area contributed by atoms with E-state index in [0.717, 1.165) is 0 Å². The monoisotopic (exact) mass is 435 g/mol. The first-order valence-corrected chi connectivity index (χ1v) is 13.5. The number of aliphatic carboxylic acids is 1. The Hall–Kier alpha value is -1.61. The number of nitrogens with zero attached hydrogens (tertiary/aromatic N) is 1. The van der Waals surface area contributed by atoms with Crippen LogP contribution >= 0.6 is 11.8 Å². The molecule has 0 unspecified atom stereocenters. The Balaban J connectivity index is 1.90. The Kier molecular flexibility index (Phi) is 5.77. The smallest absolute Gasteiger partial charge is 0.353 e. The highest BCUT2D eigenvalue weighted by Crippen LogP contribution is 2.55. The molecule has 8 heteroatoms. The van der Waals surface area contributed by atoms with Gasteiger partial charge in [-0.3, -0.25) is 9.69 Å². The lowest BCUT2D eigenvalue weighted by atomic mass is 9.92. The van der Waals surface area contributed by atoms with Crippen molar-refractivity contribution in [1.29, 1.82) is 0 Å². The number of carboxylic acids is 1. The molecule has 1 fully saturated rings. The van der Waals surface area contributed by atoms with E-state index in [4.69, 9.17) is 4.43 Å². The SMILES string of the molecule is C[C@@H](O[Si](C)(C)C(C)(C)C)[C@H]1C(=O)N2C(C(=O)O)=C(c3ccccc3CO)S[C@H]12. The number of hydrogen-bond donors (Lipinski definition) is 2. The van der Waals surface area contributed by atoms with Crippen LogP contribution in [0.5, 0.6) is 0 Å². The number of carboxylic acid groups (broad SMARTS) is 1. The van der Waals surface area contributed by atoms with Crippen LogP contribution in [0.1, 0.15) is 38.8 Å². The van der Waals surface area contributed by atoms with Crippen molar-refractivity contribution in [3.05, 3.63) is 41.1 Å². The molecule has 2 heterocycles. The fourth-order valence-electron chi connectivity index (χ4n) is 3.55. The Morgan fingerprint density at radius 2 is 1.93 bits per heavy atom. The summed E-state index contributed by atoms with van der Waals surface area (Å²) in [6, 6.07) is 7.16. The van der Waals surface area contributed by atoms with Gasteiger partial charge in [0.05, 0.1) is 18.6 Å². The van der Waals surface area contributed by atoms with E-state index in [1.807, 2.05) is 6.92 Å². The first kappa shape index (κ1) is 22.1. The van der Waals surface area contributed by atoms with E-state index in [-0.39, 0.29) is 40.6 Å². The van der Waals surface area contributed by atoms with E-state index in [1.54, 1.807) is 24.3 Å². The van der Waals surface area contributed by atoms with Crippen molar-refractivity contribution in [2.75, 3.05) is 0 Å². The lowest BCUT2D eigenvalue weighted by Gasteiger charge is -2.48. The van der Waals surface area contributed by atoms with E-state index in [9.17, 15) is 19.8 Å². The molecular weight excluding hydrogens is 406 g/mol. The number of amides is 1. The molecule has 1 aromatic carbocycles. The first-order valence-electron chi connectivity index (χ1n) is 9.75. The van der Waals surface area contributed by atoms with E-state index in [2.05, 4.69) is 33.9 Å². The lowest BCUT2D eigenvalue weighted by molar-refractivity contribution is -0.156. The summed E-state index contributed by atoms with van der Waals surface area (Å²) in [6.45, 7) is 12.5. The minimum Gasteiger partial charge on any atom is -0.477 e. The topological polar surface area (TPSA) is 87.1 Å². The van der Waals surface area contributed by atoms with Crippen LogP contribution in [0.3, 0.4) is 0 Å². The second-order valence-corrected chi connectivity index (χ2v) is 15.0. The predicted octanol–water partition coefficient (Wildman–Crippen LogP) is 3.87. The molecule has 2 aliphatic heterocycles. The molecule has 29 heavy (non-hydrogen) atoms. The van der Waals surface area contributed by atoms with Crippen molar-refractivity contribution in [1.82, 2.24) is 4.90 Å². The molecule has 0 aliphatic carbocycles. The molecule has 0 saturated carbocycles. The quantitative estimate of drug-likeness (QED) is 0.521. The van der Waals surface area contributed by atoms with Crippen LogP contribution in [0.25, 0.3) is 4.91 Å². The second kappa shape index (κ2) is 7.57. The first-order chi connectivity index (χ1) is 13.4. The molecule has 158 valence electrons. The van der Waals surface area contributed by atoms with Crippen molar-refractivity contribution in [2.24, 2.45) is 5.92 Å². The maximum atomic E-state index is 13.0. The summed E-state index contributed by atoms with van der Waals surface area (Å²) in [5, 5.41) is 19.2. The summed E-state index contributed by atoms with van der Waals surface area (Å²) in [6.07, 6.45) is -0.292. The zero-order valence-electron chi connectivity index (χ0n) is 17.7. The van der Waals surface area contributed by atoms with Gasteiger partial charge in [0.25, 0.3) is 0 Å². The zero-order valence-corrected chi connectivity index (χ0v) is 19.5. The van der Waals surface area contributed by atoms with Gasteiger partial charge in [-0.15, -0.1) is 0 Å². The average molecular weight is 436 g/mol. The third-order valence-electron chi connectivity index (χ3n) is 6.21. The summed E-state index contributed by atoms with van der Waals surface area (Å²) in [5.41, 5.74) is 1.31. The molecule has 2 aliphatic rings. The average Bonchev–Trinajstić information content (AvgIpc) is 2.95. The molecule has 3 atom stereocenters. The lowest BCUT2D eigenvalue weighted by Crippen LogP contribution is -2.62. The molecule has 0 bridgehead atoms. The molecule has 0 aromatic heterocycles. The minimum atomic E-state index is -2.06. The van der Waals surface area contributed by atoms with Crippen molar-refractivity contribution < 1.29 is 24.2 Å². The third kappa shape index (κ3) is 3.67. The number of thioether (sulfide) groups is 1. The largest absolute Gasteiger partial charge is 0.477 e. The molecular formula is C21H29NO5SSi. The summed E-state index contributed by atoms with van der Waals surface area (Å²) in [4.78, 5) is 26.9. The van der Waals surface area contributed by atoms with Gasteiger partial charge in [-0.2, -0.15) is 0 Å². The van der Waals surface area contributed by atoms with Crippen LogP contribution < -0.4 is 0 Å². The minimum absolute atomic E-state index is 0.00155. The number of β-lactam (4-membered cyclic amide) rings is 1. The summed E-state index contributed by atoms with van der Waals surface area (Å²) >= 11 is 1.38. The number of fused-ring (bicyclic) bond motifs is 1. The fraction of sp³-hybridized carbons (Fsp3) is 0.524. The molecule has 0 spiro atoms. The normalized spacial score (nSPS) is 23.1. The highest BCUT2D eigenvalue weighted by Gasteiger charge is 2.59. The van der Waals surface area contributed by atoms with Crippen molar-refractivity contribution in [3.63, 3.8) is 0 Å². The highest BCUT2D eigenvalue weighted by molar-refractivity contribution is 8.09. The number of carbonyl (C=O) groups excluding carboxylic acids is 1. The van der Waals surface area contributed by atoms with Crippen molar-refractivity contribution in [3.8, 4) is 0 Å². The number of aliphatic hydroxyl groups is 1. The number of aliphatic hydroxyl groups excluding tert-OH is 1. The Morgan fingerprint density at radius 3 is 2.48 bits per heavy atom. The van der Waals surface area contributed by atoms with Gasteiger partial charge in [0.1, 0.15) is 11.1 Å². The van der Waals surface area contributed by atoms with Gasteiger partial charge in [0.2, 0.25) is 5.91 Å². The summed E-state index contributed by atoms with van der Waals surface area (Å²) in [5.74, 6) is -1.72. The van der Waals surface area contributed by atoms with Crippen molar-refractivity contribution >= 4 is 36.9 Å². The van der Waals surface area contributed by atoms with Gasteiger partial charge < -0.3 is 14.6 Å². The molecule has 3 rings (SSSR count).